The molecule has 0 bridgehead atoms. The summed E-state index contributed by atoms with van der Waals surface area (Å²) in [5, 5.41) is 2.38. The number of carbonyl (C=O) groups excluding carboxylic acids is 1. The van der Waals surface area contributed by atoms with Crippen molar-refractivity contribution in [2.75, 3.05) is 7.05 Å². The minimum Gasteiger partial charge on any atom is -0.487 e. The van der Waals surface area contributed by atoms with Crippen LogP contribution in [0.4, 0.5) is 13.2 Å². The van der Waals surface area contributed by atoms with Crippen LogP contribution in [-0.4, -0.2) is 13.0 Å². The molecule has 0 unspecified atom stereocenters. The molecule has 2 rings (SSSR count). The van der Waals surface area contributed by atoms with Gasteiger partial charge in [0.25, 0.3) is 5.91 Å². The molecule has 0 aromatic heterocycles. The van der Waals surface area contributed by atoms with Gasteiger partial charge < -0.3 is 10.1 Å². The summed E-state index contributed by atoms with van der Waals surface area (Å²) in [7, 11) is 1.52. The third-order valence-electron chi connectivity index (χ3n) is 3.07. The van der Waals surface area contributed by atoms with E-state index in [9.17, 15) is 18.0 Å². The maximum Gasteiger partial charge on any atom is 0.416 e. The van der Waals surface area contributed by atoms with Gasteiger partial charge in [-0.2, -0.15) is 13.2 Å². The van der Waals surface area contributed by atoms with Crippen LogP contribution >= 0.6 is 11.6 Å². The smallest absolute Gasteiger partial charge is 0.416 e. The van der Waals surface area contributed by atoms with E-state index in [4.69, 9.17) is 16.3 Å². The second kappa shape index (κ2) is 6.91. The zero-order valence-corrected chi connectivity index (χ0v) is 12.8. The summed E-state index contributed by atoms with van der Waals surface area (Å²) in [6, 6.07) is 9.61. The summed E-state index contributed by atoms with van der Waals surface area (Å²) >= 11 is 5.82. The van der Waals surface area contributed by atoms with E-state index in [1.165, 1.54) is 13.1 Å². The van der Waals surface area contributed by atoms with Gasteiger partial charge in [0.2, 0.25) is 0 Å². The SMILES string of the molecule is CNC(=O)c1cccc(COc2ccc(C(F)(F)F)cc2Cl)c1. The molecule has 3 nitrogen and oxygen atoms in total. The average molecular weight is 344 g/mol. The monoisotopic (exact) mass is 343 g/mol. The molecule has 0 radical (unpaired) electrons. The second-order valence-electron chi connectivity index (χ2n) is 4.71. The Kier molecular flexibility index (Phi) is 5.15. The molecule has 7 heteroatoms. The number of halogens is 4. The highest BCUT2D eigenvalue weighted by molar-refractivity contribution is 6.32. The lowest BCUT2D eigenvalue weighted by Crippen LogP contribution is -2.17. The van der Waals surface area contributed by atoms with Gasteiger partial charge in [0.05, 0.1) is 10.6 Å². The van der Waals surface area contributed by atoms with Crippen molar-refractivity contribution in [2.24, 2.45) is 0 Å². The van der Waals surface area contributed by atoms with E-state index >= 15 is 0 Å². The van der Waals surface area contributed by atoms with E-state index in [0.29, 0.717) is 11.1 Å². The Balaban J connectivity index is 2.11. The lowest BCUT2D eigenvalue weighted by molar-refractivity contribution is -0.137. The third kappa shape index (κ3) is 4.39. The molecule has 2 aromatic rings. The van der Waals surface area contributed by atoms with Crippen LogP contribution in [0.5, 0.6) is 5.75 Å². The maximum atomic E-state index is 12.6. The van der Waals surface area contributed by atoms with Crippen molar-refractivity contribution in [3.63, 3.8) is 0 Å². The van der Waals surface area contributed by atoms with E-state index in [-0.39, 0.29) is 23.3 Å². The van der Waals surface area contributed by atoms with Crippen LogP contribution < -0.4 is 10.1 Å². The molecule has 0 fully saturated rings. The summed E-state index contributed by atoms with van der Waals surface area (Å²) in [6.07, 6.45) is -4.45. The van der Waals surface area contributed by atoms with Crippen LogP contribution in [0, 0.1) is 0 Å². The lowest BCUT2D eigenvalue weighted by Gasteiger charge is -2.12. The molecule has 0 heterocycles. The first-order valence-corrected chi connectivity index (χ1v) is 6.99. The van der Waals surface area contributed by atoms with Crippen LogP contribution in [0.3, 0.4) is 0 Å². The fourth-order valence-electron chi connectivity index (χ4n) is 1.90. The largest absolute Gasteiger partial charge is 0.487 e. The highest BCUT2D eigenvalue weighted by Crippen LogP contribution is 2.34. The lowest BCUT2D eigenvalue weighted by atomic mass is 10.1. The van der Waals surface area contributed by atoms with Crippen molar-refractivity contribution in [1.82, 2.24) is 5.32 Å². The van der Waals surface area contributed by atoms with Crippen LogP contribution in [0.25, 0.3) is 0 Å². The van der Waals surface area contributed by atoms with Crippen molar-refractivity contribution in [3.8, 4) is 5.75 Å². The molecule has 0 aliphatic rings. The van der Waals surface area contributed by atoms with Crippen molar-refractivity contribution in [3.05, 3.63) is 64.2 Å². The predicted octanol–water partition coefficient (Wildman–Crippen LogP) is 4.30. The van der Waals surface area contributed by atoms with Crippen LogP contribution in [0.1, 0.15) is 21.5 Å². The fraction of sp³-hybridized carbons (Fsp3) is 0.188. The van der Waals surface area contributed by atoms with Crippen molar-refractivity contribution < 1.29 is 22.7 Å². The Morgan fingerprint density at radius 3 is 2.57 bits per heavy atom. The van der Waals surface area contributed by atoms with E-state index in [0.717, 1.165) is 12.1 Å². The zero-order chi connectivity index (χ0) is 17.0. The molecule has 2 aromatic carbocycles. The van der Waals surface area contributed by atoms with Crippen LogP contribution in [-0.2, 0) is 12.8 Å². The summed E-state index contributed by atoms with van der Waals surface area (Å²) in [5.41, 5.74) is 0.325. The Labute approximate surface area is 136 Å². The number of ether oxygens (including phenoxy) is 1. The number of nitrogens with one attached hydrogen (secondary N) is 1. The summed E-state index contributed by atoms with van der Waals surface area (Å²) in [6.45, 7) is 0.0793. The Hall–Kier alpha value is -2.21. The van der Waals surface area contributed by atoms with Crippen LogP contribution in [0.15, 0.2) is 42.5 Å². The predicted molar refractivity (Wildman–Crippen MR) is 80.6 cm³/mol. The first-order chi connectivity index (χ1) is 10.8. The molecule has 1 amide bonds. The van der Waals surface area contributed by atoms with Crippen molar-refractivity contribution in [1.29, 1.82) is 0 Å². The molecule has 1 N–H and O–H groups in total. The van der Waals surface area contributed by atoms with Gasteiger partial charge in [-0.1, -0.05) is 23.7 Å². The van der Waals surface area contributed by atoms with Gasteiger partial charge >= 0.3 is 6.18 Å². The number of alkyl halides is 3. The Morgan fingerprint density at radius 2 is 1.96 bits per heavy atom. The fourth-order valence-corrected chi connectivity index (χ4v) is 2.14. The first-order valence-electron chi connectivity index (χ1n) is 6.62. The van der Waals surface area contributed by atoms with E-state index in [1.807, 2.05) is 0 Å². The molecule has 0 saturated heterocycles. The Morgan fingerprint density at radius 1 is 1.22 bits per heavy atom. The number of amides is 1. The van der Waals surface area contributed by atoms with Crippen molar-refractivity contribution in [2.45, 2.75) is 12.8 Å². The molecular formula is C16H13ClF3NO2. The highest BCUT2D eigenvalue weighted by Gasteiger charge is 2.31. The topological polar surface area (TPSA) is 38.3 Å². The number of rotatable bonds is 4. The molecule has 0 atom stereocenters. The van der Waals surface area contributed by atoms with Gasteiger partial charge in [-0.3, -0.25) is 4.79 Å². The Bertz CT molecular complexity index is 717. The maximum absolute atomic E-state index is 12.6. The van der Waals surface area contributed by atoms with Crippen LogP contribution in [0.2, 0.25) is 5.02 Å². The summed E-state index contributed by atoms with van der Waals surface area (Å²) < 4.78 is 43.1. The van der Waals surface area contributed by atoms with Gasteiger partial charge in [0.1, 0.15) is 12.4 Å². The normalized spacial score (nSPS) is 11.2. The quantitative estimate of drug-likeness (QED) is 0.899. The molecule has 122 valence electrons. The van der Waals surface area contributed by atoms with E-state index < -0.39 is 11.7 Å². The molecule has 0 aliphatic carbocycles. The van der Waals surface area contributed by atoms with E-state index in [1.54, 1.807) is 24.3 Å². The second-order valence-corrected chi connectivity index (χ2v) is 5.12. The summed E-state index contributed by atoms with van der Waals surface area (Å²) in [4.78, 5) is 11.5. The molecular weight excluding hydrogens is 331 g/mol. The number of carbonyl (C=O) groups is 1. The van der Waals surface area contributed by atoms with Gasteiger partial charge in [-0.05, 0) is 35.9 Å². The van der Waals surface area contributed by atoms with Gasteiger partial charge in [-0.25, -0.2) is 0 Å². The molecule has 23 heavy (non-hydrogen) atoms. The van der Waals surface area contributed by atoms with E-state index in [2.05, 4.69) is 5.32 Å². The number of hydrogen-bond donors (Lipinski definition) is 1. The minimum atomic E-state index is -4.45. The minimum absolute atomic E-state index is 0.0793. The third-order valence-corrected chi connectivity index (χ3v) is 3.37. The molecule has 0 aliphatic heterocycles. The number of hydrogen-bond acceptors (Lipinski definition) is 2. The standard InChI is InChI=1S/C16H13ClF3NO2/c1-21-15(22)11-4-2-3-10(7-11)9-23-14-6-5-12(8-13(14)17)16(18,19)20/h2-8H,9H2,1H3,(H,21,22). The molecule has 0 saturated carbocycles. The zero-order valence-electron chi connectivity index (χ0n) is 12.1. The van der Waals surface area contributed by atoms with Crippen molar-refractivity contribution >= 4 is 17.5 Å². The first kappa shape index (κ1) is 17.1. The van der Waals surface area contributed by atoms with Gasteiger partial charge in [0, 0.05) is 12.6 Å². The average Bonchev–Trinajstić information content (AvgIpc) is 2.52. The summed E-state index contributed by atoms with van der Waals surface area (Å²) in [5.74, 6) is -0.0931. The highest BCUT2D eigenvalue weighted by atomic mass is 35.5. The molecule has 0 spiro atoms. The number of benzene rings is 2. The van der Waals surface area contributed by atoms with Gasteiger partial charge in [-0.15, -0.1) is 0 Å². The van der Waals surface area contributed by atoms with Gasteiger partial charge in [0.15, 0.2) is 0 Å².